The average Bonchev–Trinajstić information content (AvgIpc) is 3.21. The third kappa shape index (κ3) is 3.49. The Morgan fingerprint density at radius 1 is 1.20 bits per heavy atom. The molecule has 1 unspecified atom stereocenters. The summed E-state index contributed by atoms with van der Waals surface area (Å²) in [5.41, 5.74) is 6.73. The van der Waals surface area contributed by atoms with Crippen LogP contribution in [-0.4, -0.2) is 80.9 Å². The van der Waals surface area contributed by atoms with E-state index < -0.39 is 0 Å². The van der Waals surface area contributed by atoms with Crippen molar-refractivity contribution in [3.63, 3.8) is 0 Å². The molecule has 4 heterocycles. The first-order chi connectivity index (χ1) is 14.7. The number of rotatable bonds is 4. The first kappa shape index (κ1) is 19.5. The molecule has 0 bridgehead atoms. The van der Waals surface area contributed by atoms with Gasteiger partial charge >= 0.3 is 0 Å². The Morgan fingerprint density at radius 2 is 2.03 bits per heavy atom. The van der Waals surface area contributed by atoms with Crippen LogP contribution in [-0.2, 0) is 4.74 Å². The van der Waals surface area contributed by atoms with Crippen LogP contribution in [0.15, 0.2) is 23.2 Å². The zero-order chi connectivity index (χ0) is 20.7. The fraction of sp³-hybridized carbons (Fsp3) is 0.545. The van der Waals surface area contributed by atoms with Crippen molar-refractivity contribution in [3.05, 3.63) is 29.3 Å². The topological polar surface area (TPSA) is 74.2 Å². The van der Waals surface area contributed by atoms with Crippen molar-refractivity contribution >= 4 is 22.6 Å². The van der Waals surface area contributed by atoms with E-state index in [2.05, 4.69) is 45.9 Å². The Morgan fingerprint density at radius 3 is 2.80 bits per heavy atom. The molecule has 0 spiro atoms. The predicted molar refractivity (Wildman–Crippen MR) is 118 cm³/mol. The van der Waals surface area contributed by atoms with Crippen molar-refractivity contribution in [2.24, 2.45) is 4.99 Å². The number of pyridine rings is 1. The number of nitrogens with one attached hydrogen (secondary N) is 2. The number of hydrogen-bond acceptors (Lipinski definition) is 8. The molecule has 3 aliphatic rings. The van der Waals surface area contributed by atoms with Gasteiger partial charge in [-0.15, -0.1) is 0 Å². The van der Waals surface area contributed by atoms with Crippen molar-refractivity contribution in [1.82, 2.24) is 20.3 Å². The number of methoxy groups -OCH3 is 1. The lowest BCUT2D eigenvalue weighted by Gasteiger charge is -2.33. The molecule has 8 heteroatoms. The van der Waals surface area contributed by atoms with Gasteiger partial charge in [0.25, 0.3) is 0 Å². The standard InChI is InChI=1S/C22H30N6O2/c1-23-20-12-15(14-4-8-30-9-5-14)16-11-19(29-3)17(10-18(16)24-20)22-25-21-13-27(2)6-7-28(21)26-22/h10-12,14,21H,4-9,13H2,1-3H3,(H,23,24)(H,25,26). The van der Waals surface area contributed by atoms with Gasteiger partial charge in [-0.25, -0.2) is 9.98 Å². The quantitative estimate of drug-likeness (QED) is 0.799. The second-order valence-corrected chi connectivity index (χ2v) is 8.33. The summed E-state index contributed by atoms with van der Waals surface area (Å²) in [4.78, 5) is 12.1. The molecule has 2 aromatic rings. The Hall–Kier alpha value is -2.42. The van der Waals surface area contributed by atoms with Crippen LogP contribution in [0.5, 0.6) is 5.75 Å². The van der Waals surface area contributed by atoms with Crippen LogP contribution in [0.4, 0.5) is 5.82 Å². The molecular weight excluding hydrogens is 380 g/mol. The molecule has 30 heavy (non-hydrogen) atoms. The summed E-state index contributed by atoms with van der Waals surface area (Å²) < 4.78 is 11.4. The Labute approximate surface area is 177 Å². The maximum Gasteiger partial charge on any atom is 0.148 e. The van der Waals surface area contributed by atoms with Crippen molar-refractivity contribution in [2.45, 2.75) is 24.9 Å². The van der Waals surface area contributed by atoms with Gasteiger partial charge in [0, 0.05) is 45.3 Å². The summed E-state index contributed by atoms with van der Waals surface area (Å²) in [5.74, 6) is 3.05. The third-order valence-electron chi connectivity index (χ3n) is 6.42. The lowest BCUT2D eigenvalue weighted by Crippen LogP contribution is -2.53. The number of amidine groups is 1. The summed E-state index contributed by atoms with van der Waals surface area (Å²) >= 11 is 0. The summed E-state index contributed by atoms with van der Waals surface area (Å²) in [6.45, 7) is 4.52. The fourth-order valence-electron chi connectivity index (χ4n) is 4.69. The van der Waals surface area contributed by atoms with Crippen molar-refractivity contribution < 1.29 is 9.47 Å². The number of ether oxygens (including phenoxy) is 2. The molecule has 2 saturated heterocycles. The van der Waals surface area contributed by atoms with Gasteiger partial charge < -0.3 is 25.1 Å². The molecule has 1 aromatic heterocycles. The van der Waals surface area contributed by atoms with Crippen molar-refractivity contribution in [3.8, 4) is 5.75 Å². The summed E-state index contributed by atoms with van der Waals surface area (Å²) in [6.07, 6.45) is 2.20. The van der Waals surface area contributed by atoms with Gasteiger partial charge in [-0.3, -0.25) is 0 Å². The van der Waals surface area contributed by atoms with E-state index in [4.69, 9.17) is 19.5 Å². The van der Waals surface area contributed by atoms with E-state index >= 15 is 0 Å². The SMILES string of the molecule is CNc1cc(C2CCOCC2)c2cc(OC)c(C3=NC4CN(C)CCN4N3)cc2n1. The molecule has 2 fully saturated rings. The molecule has 0 aliphatic carbocycles. The smallest absolute Gasteiger partial charge is 0.148 e. The molecular formula is C22H30N6O2. The highest BCUT2D eigenvalue weighted by molar-refractivity contribution is 6.05. The van der Waals surface area contributed by atoms with Crippen LogP contribution in [0, 0.1) is 0 Å². The van der Waals surface area contributed by atoms with Crippen LogP contribution >= 0.6 is 0 Å². The summed E-state index contributed by atoms with van der Waals surface area (Å²) in [7, 11) is 5.79. The number of likely N-dealkylation sites (N-methyl/N-ethyl adjacent to an activating group) is 1. The number of hydrogen-bond donors (Lipinski definition) is 2. The van der Waals surface area contributed by atoms with Gasteiger partial charge in [0.1, 0.15) is 23.6 Å². The van der Waals surface area contributed by atoms with Gasteiger partial charge in [0.05, 0.1) is 18.2 Å². The van der Waals surface area contributed by atoms with E-state index in [9.17, 15) is 0 Å². The normalized spacial score (nSPS) is 23.2. The van der Waals surface area contributed by atoms with Gasteiger partial charge in [-0.05, 0) is 49.6 Å². The minimum absolute atomic E-state index is 0.133. The molecule has 1 atom stereocenters. The molecule has 3 aliphatic heterocycles. The summed E-state index contributed by atoms with van der Waals surface area (Å²) in [5, 5.41) is 6.59. The van der Waals surface area contributed by atoms with Crippen LogP contribution < -0.4 is 15.5 Å². The Bertz CT molecular complexity index is 972. The van der Waals surface area contributed by atoms with Gasteiger partial charge in [-0.1, -0.05) is 0 Å². The molecule has 1 aromatic carbocycles. The zero-order valence-corrected chi connectivity index (χ0v) is 17.9. The minimum atomic E-state index is 0.133. The lowest BCUT2D eigenvalue weighted by molar-refractivity contribution is 0.0856. The maximum absolute atomic E-state index is 5.82. The monoisotopic (exact) mass is 410 g/mol. The van der Waals surface area contributed by atoms with Gasteiger partial charge in [0.15, 0.2) is 0 Å². The highest BCUT2D eigenvalue weighted by Crippen LogP contribution is 2.37. The van der Waals surface area contributed by atoms with Crippen LogP contribution in [0.2, 0.25) is 0 Å². The van der Waals surface area contributed by atoms with Gasteiger partial charge in [-0.2, -0.15) is 5.01 Å². The van der Waals surface area contributed by atoms with E-state index in [1.807, 2.05) is 7.05 Å². The fourth-order valence-corrected chi connectivity index (χ4v) is 4.69. The number of fused-ring (bicyclic) bond motifs is 2. The minimum Gasteiger partial charge on any atom is -0.496 e. The second-order valence-electron chi connectivity index (χ2n) is 8.33. The molecule has 160 valence electrons. The predicted octanol–water partition coefficient (Wildman–Crippen LogP) is 2.02. The number of aromatic nitrogens is 1. The van der Waals surface area contributed by atoms with E-state index in [1.54, 1.807) is 7.11 Å². The largest absolute Gasteiger partial charge is 0.496 e. The molecule has 5 rings (SSSR count). The third-order valence-corrected chi connectivity index (χ3v) is 6.42. The maximum atomic E-state index is 5.82. The number of aliphatic imine (C=N–C) groups is 1. The average molecular weight is 411 g/mol. The number of hydrazine groups is 1. The Kier molecular flexibility index (Phi) is 5.22. The van der Waals surface area contributed by atoms with Crippen LogP contribution in [0.3, 0.4) is 0 Å². The highest BCUT2D eigenvalue weighted by Gasteiger charge is 2.32. The van der Waals surface area contributed by atoms with Crippen LogP contribution in [0.25, 0.3) is 10.9 Å². The van der Waals surface area contributed by atoms with Crippen molar-refractivity contribution in [2.75, 3.05) is 59.4 Å². The zero-order valence-electron chi connectivity index (χ0n) is 17.9. The lowest BCUT2D eigenvalue weighted by atomic mass is 9.88. The number of anilines is 1. The molecule has 0 radical (unpaired) electrons. The van der Waals surface area contributed by atoms with Crippen molar-refractivity contribution in [1.29, 1.82) is 0 Å². The Balaban J connectivity index is 1.59. The molecule has 8 nitrogen and oxygen atoms in total. The van der Waals surface area contributed by atoms with E-state index in [0.29, 0.717) is 5.92 Å². The summed E-state index contributed by atoms with van der Waals surface area (Å²) in [6, 6.07) is 6.43. The second kappa shape index (κ2) is 8.02. The molecule has 2 N–H and O–H groups in total. The van der Waals surface area contributed by atoms with Gasteiger partial charge in [0.2, 0.25) is 0 Å². The molecule has 0 saturated carbocycles. The number of piperazine rings is 1. The highest BCUT2D eigenvalue weighted by atomic mass is 16.5. The first-order valence-corrected chi connectivity index (χ1v) is 10.7. The number of nitrogens with zero attached hydrogens (tertiary/aromatic N) is 4. The molecule has 0 amide bonds. The van der Waals surface area contributed by atoms with Crippen LogP contribution in [0.1, 0.15) is 29.9 Å². The van der Waals surface area contributed by atoms with E-state index in [-0.39, 0.29) is 6.17 Å². The van der Waals surface area contributed by atoms with E-state index in [0.717, 1.165) is 79.6 Å². The number of benzene rings is 1. The first-order valence-electron chi connectivity index (χ1n) is 10.7. The van der Waals surface area contributed by atoms with E-state index in [1.165, 1.54) is 5.56 Å².